The van der Waals surface area contributed by atoms with Gasteiger partial charge in [0.1, 0.15) is 0 Å². The fourth-order valence-electron chi connectivity index (χ4n) is 1.80. The van der Waals surface area contributed by atoms with Gasteiger partial charge in [0, 0.05) is 18.8 Å². The van der Waals surface area contributed by atoms with Crippen molar-refractivity contribution in [1.29, 1.82) is 0 Å². The van der Waals surface area contributed by atoms with Crippen molar-refractivity contribution in [2.75, 3.05) is 11.9 Å². The molecule has 0 bridgehead atoms. The summed E-state index contributed by atoms with van der Waals surface area (Å²) in [4.78, 5) is 13.8. The number of carbonyl (C=O) groups excluding carboxylic acids is 1. The zero-order valence-electron chi connectivity index (χ0n) is 11.3. The summed E-state index contributed by atoms with van der Waals surface area (Å²) in [5.41, 5.74) is 9.02. The van der Waals surface area contributed by atoms with Crippen LogP contribution < -0.4 is 10.6 Å². The quantitative estimate of drug-likeness (QED) is 0.872. The predicted octanol–water partition coefficient (Wildman–Crippen LogP) is 2.25. The zero-order valence-corrected chi connectivity index (χ0v) is 11.3. The second kappa shape index (κ2) is 5.32. The monoisotopic (exact) mass is 234 g/mol. The van der Waals surface area contributed by atoms with Crippen molar-refractivity contribution in [1.82, 2.24) is 0 Å². The molecule has 2 unspecified atom stereocenters. The molecule has 1 rings (SSSR count). The maximum absolute atomic E-state index is 12.2. The molecule has 1 aromatic carbocycles. The molecular formula is C14H22N2O. The van der Waals surface area contributed by atoms with Crippen molar-refractivity contribution < 1.29 is 4.79 Å². The van der Waals surface area contributed by atoms with Gasteiger partial charge >= 0.3 is 0 Å². The van der Waals surface area contributed by atoms with Gasteiger partial charge in [-0.1, -0.05) is 13.0 Å². The molecule has 2 atom stereocenters. The number of aryl methyl sites for hydroxylation is 2. The van der Waals surface area contributed by atoms with Crippen molar-refractivity contribution in [3.63, 3.8) is 0 Å². The van der Waals surface area contributed by atoms with Crippen LogP contribution in [0, 0.1) is 19.8 Å². The standard InChI is InChI=1S/C14H22N2O/c1-9-6-10(2)8-13(7-9)16(5)14(17)11(3)12(4)15/h6-8,11-12H,15H2,1-5H3. The van der Waals surface area contributed by atoms with Gasteiger partial charge in [-0.25, -0.2) is 0 Å². The first-order chi connectivity index (χ1) is 7.82. The van der Waals surface area contributed by atoms with Crippen molar-refractivity contribution in [3.05, 3.63) is 29.3 Å². The first kappa shape index (κ1) is 13.7. The van der Waals surface area contributed by atoms with Crippen LogP contribution in [0.25, 0.3) is 0 Å². The minimum atomic E-state index is -0.166. The third-order valence-electron chi connectivity index (χ3n) is 3.10. The van der Waals surface area contributed by atoms with Crippen LogP contribution in [0.4, 0.5) is 5.69 Å². The topological polar surface area (TPSA) is 46.3 Å². The van der Waals surface area contributed by atoms with Gasteiger partial charge in [-0.05, 0) is 44.0 Å². The minimum Gasteiger partial charge on any atom is -0.327 e. The molecule has 0 aliphatic carbocycles. The first-order valence-corrected chi connectivity index (χ1v) is 5.94. The van der Waals surface area contributed by atoms with Gasteiger partial charge in [-0.2, -0.15) is 0 Å². The average Bonchev–Trinajstić information content (AvgIpc) is 2.24. The van der Waals surface area contributed by atoms with Crippen LogP contribution in [-0.2, 0) is 4.79 Å². The third kappa shape index (κ3) is 3.30. The van der Waals surface area contributed by atoms with E-state index in [-0.39, 0.29) is 17.9 Å². The van der Waals surface area contributed by atoms with E-state index in [1.165, 1.54) is 0 Å². The molecule has 17 heavy (non-hydrogen) atoms. The minimum absolute atomic E-state index is 0.0602. The van der Waals surface area contributed by atoms with E-state index >= 15 is 0 Å². The number of nitrogens with zero attached hydrogens (tertiary/aromatic N) is 1. The van der Waals surface area contributed by atoms with Gasteiger partial charge in [0.2, 0.25) is 5.91 Å². The lowest BCUT2D eigenvalue weighted by molar-refractivity contribution is -0.122. The maximum atomic E-state index is 12.2. The molecule has 1 amide bonds. The lowest BCUT2D eigenvalue weighted by Gasteiger charge is -2.24. The highest BCUT2D eigenvalue weighted by Gasteiger charge is 2.21. The lowest BCUT2D eigenvalue weighted by Crippen LogP contribution is -2.39. The normalized spacial score (nSPS) is 14.2. The van der Waals surface area contributed by atoms with Gasteiger partial charge in [0.25, 0.3) is 0 Å². The van der Waals surface area contributed by atoms with E-state index in [0.29, 0.717) is 0 Å². The summed E-state index contributed by atoms with van der Waals surface area (Å²) in [6, 6.07) is 5.99. The summed E-state index contributed by atoms with van der Waals surface area (Å²) in [6.45, 7) is 7.79. The van der Waals surface area contributed by atoms with Crippen LogP contribution >= 0.6 is 0 Å². The molecule has 0 aliphatic rings. The Labute approximate surface area is 104 Å². The maximum Gasteiger partial charge on any atom is 0.231 e. The van der Waals surface area contributed by atoms with E-state index in [1.807, 2.05) is 39.8 Å². The van der Waals surface area contributed by atoms with E-state index in [1.54, 1.807) is 11.9 Å². The van der Waals surface area contributed by atoms with E-state index in [9.17, 15) is 4.79 Å². The summed E-state index contributed by atoms with van der Waals surface area (Å²) in [7, 11) is 1.80. The lowest BCUT2D eigenvalue weighted by atomic mass is 10.0. The molecule has 0 saturated carbocycles. The van der Waals surface area contributed by atoms with E-state index in [2.05, 4.69) is 6.07 Å². The van der Waals surface area contributed by atoms with E-state index < -0.39 is 0 Å². The molecule has 0 aliphatic heterocycles. The molecule has 2 N–H and O–H groups in total. The highest BCUT2D eigenvalue weighted by atomic mass is 16.2. The molecule has 0 fully saturated rings. The molecule has 0 spiro atoms. The van der Waals surface area contributed by atoms with Crippen LogP contribution in [0.15, 0.2) is 18.2 Å². The summed E-state index contributed by atoms with van der Waals surface area (Å²) in [5.74, 6) is -0.106. The summed E-state index contributed by atoms with van der Waals surface area (Å²) in [5, 5.41) is 0. The molecule has 0 aromatic heterocycles. The van der Waals surface area contributed by atoms with Crippen molar-refractivity contribution in [2.24, 2.45) is 11.7 Å². The smallest absolute Gasteiger partial charge is 0.231 e. The fourth-order valence-corrected chi connectivity index (χ4v) is 1.80. The first-order valence-electron chi connectivity index (χ1n) is 5.94. The Bertz CT molecular complexity index is 392. The average molecular weight is 234 g/mol. The second-order valence-electron chi connectivity index (χ2n) is 4.89. The Morgan fingerprint density at radius 1 is 1.18 bits per heavy atom. The van der Waals surface area contributed by atoms with Gasteiger partial charge < -0.3 is 10.6 Å². The van der Waals surface area contributed by atoms with Crippen LogP contribution in [0.1, 0.15) is 25.0 Å². The number of hydrogen-bond acceptors (Lipinski definition) is 2. The van der Waals surface area contributed by atoms with Gasteiger partial charge in [0.15, 0.2) is 0 Å². The SMILES string of the molecule is Cc1cc(C)cc(N(C)C(=O)C(C)C(C)N)c1. The number of anilines is 1. The largest absolute Gasteiger partial charge is 0.327 e. The summed E-state index contributed by atoms with van der Waals surface area (Å²) >= 11 is 0. The number of amides is 1. The van der Waals surface area contributed by atoms with E-state index in [0.717, 1.165) is 16.8 Å². The van der Waals surface area contributed by atoms with Gasteiger partial charge in [-0.3, -0.25) is 4.79 Å². The summed E-state index contributed by atoms with van der Waals surface area (Å²) < 4.78 is 0. The Hall–Kier alpha value is -1.35. The van der Waals surface area contributed by atoms with Crippen LogP contribution in [0.3, 0.4) is 0 Å². The van der Waals surface area contributed by atoms with Crippen molar-refractivity contribution in [3.8, 4) is 0 Å². The second-order valence-corrected chi connectivity index (χ2v) is 4.89. The Morgan fingerprint density at radius 2 is 1.65 bits per heavy atom. The van der Waals surface area contributed by atoms with Crippen LogP contribution in [-0.4, -0.2) is 19.0 Å². The molecule has 3 nitrogen and oxygen atoms in total. The molecule has 1 aromatic rings. The Balaban J connectivity index is 2.96. The van der Waals surface area contributed by atoms with Crippen molar-refractivity contribution >= 4 is 11.6 Å². The van der Waals surface area contributed by atoms with Crippen molar-refractivity contribution in [2.45, 2.75) is 33.7 Å². The molecule has 3 heteroatoms. The molecular weight excluding hydrogens is 212 g/mol. The number of rotatable bonds is 3. The van der Waals surface area contributed by atoms with Crippen LogP contribution in [0.5, 0.6) is 0 Å². The van der Waals surface area contributed by atoms with Crippen LogP contribution in [0.2, 0.25) is 0 Å². The zero-order chi connectivity index (χ0) is 13.2. The highest BCUT2D eigenvalue weighted by molar-refractivity contribution is 5.94. The molecule has 0 saturated heterocycles. The third-order valence-corrected chi connectivity index (χ3v) is 3.10. The molecule has 0 heterocycles. The number of nitrogens with two attached hydrogens (primary N) is 1. The Morgan fingerprint density at radius 3 is 2.06 bits per heavy atom. The van der Waals surface area contributed by atoms with Gasteiger partial charge in [0.05, 0.1) is 5.92 Å². The van der Waals surface area contributed by atoms with E-state index in [4.69, 9.17) is 5.73 Å². The predicted molar refractivity (Wildman–Crippen MR) is 72.1 cm³/mol. The highest BCUT2D eigenvalue weighted by Crippen LogP contribution is 2.19. The molecule has 0 radical (unpaired) electrons. The Kier molecular flexibility index (Phi) is 4.29. The molecule has 94 valence electrons. The fraction of sp³-hybridized carbons (Fsp3) is 0.500. The number of carbonyl (C=O) groups is 1. The number of benzene rings is 1. The number of hydrogen-bond donors (Lipinski definition) is 1. The van der Waals surface area contributed by atoms with Gasteiger partial charge in [-0.15, -0.1) is 0 Å². The summed E-state index contributed by atoms with van der Waals surface area (Å²) in [6.07, 6.45) is 0.